The number of oxazole rings is 1. The second kappa shape index (κ2) is 8.44. The van der Waals surface area contributed by atoms with Crippen molar-refractivity contribution in [2.75, 3.05) is 0 Å². The normalized spacial score (nSPS) is 11.5. The van der Waals surface area contributed by atoms with Crippen molar-refractivity contribution in [1.82, 2.24) is 4.98 Å². The number of hydrogen-bond donors (Lipinski definition) is 0. The number of carbonyl (C=O) groups excluding carboxylic acids is 1. The lowest BCUT2D eigenvalue weighted by Gasteiger charge is -2.08. The van der Waals surface area contributed by atoms with E-state index in [2.05, 4.69) is 4.98 Å². The van der Waals surface area contributed by atoms with Gasteiger partial charge in [-0.3, -0.25) is 0 Å². The first-order chi connectivity index (χ1) is 14.2. The maximum atomic E-state index is 11.3. The van der Waals surface area contributed by atoms with Gasteiger partial charge in [0.2, 0.25) is 5.89 Å². The SMILES string of the molecule is O=C([O-])C/C(=C\c1cccc(OCc2ccccc2)c1)c1nc2ccccc2o1. The fourth-order valence-corrected chi connectivity index (χ4v) is 2.99. The number of rotatable bonds is 7. The molecule has 4 aromatic rings. The van der Waals surface area contributed by atoms with Crippen molar-refractivity contribution in [3.8, 4) is 5.75 Å². The number of ether oxygens (including phenoxy) is 1. The highest BCUT2D eigenvalue weighted by atomic mass is 16.5. The van der Waals surface area contributed by atoms with Crippen LogP contribution in [0.5, 0.6) is 5.75 Å². The van der Waals surface area contributed by atoms with Gasteiger partial charge in [-0.2, -0.15) is 0 Å². The van der Waals surface area contributed by atoms with Crippen LogP contribution < -0.4 is 9.84 Å². The Labute approximate surface area is 167 Å². The highest BCUT2D eigenvalue weighted by Gasteiger charge is 2.11. The number of fused-ring (bicyclic) bond motifs is 1. The predicted octanol–water partition coefficient (Wildman–Crippen LogP) is 4.09. The van der Waals surface area contributed by atoms with Gasteiger partial charge < -0.3 is 19.1 Å². The molecule has 0 amide bonds. The lowest BCUT2D eigenvalue weighted by molar-refractivity contribution is -0.304. The van der Waals surface area contributed by atoms with Crippen molar-refractivity contribution in [3.63, 3.8) is 0 Å². The highest BCUT2D eigenvalue weighted by molar-refractivity contribution is 5.90. The number of carboxylic acid groups (broad SMARTS) is 1. The fourth-order valence-electron chi connectivity index (χ4n) is 2.99. The Bertz CT molecular complexity index is 1130. The van der Waals surface area contributed by atoms with Gasteiger partial charge in [0.15, 0.2) is 5.58 Å². The molecular weight excluding hydrogens is 366 g/mol. The molecule has 0 fully saturated rings. The molecule has 4 rings (SSSR count). The van der Waals surface area contributed by atoms with Crippen molar-refractivity contribution >= 4 is 28.7 Å². The summed E-state index contributed by atoms with van der Waals surface area (Å²) in [5, 5.41) is 11.3. The Kier molecular flexibility index (Phi) is 5.38. The van der Waals surface area contributed by atoms with Gasteiger partial charge in [0.1, 0.15) is 17.9 Å². The van der Waals surface area contributed by atoms with Gasteiger partial charge in [0.25, 0.3) is 0 Å². The van der Waals surface area contributed by atoms with Crippen molar-refractivity contribution in [3.05, 3.63) is 95.9 Å². The summed E-state index contributed by atoms with van der Waals surface area (Å²) < 4.78 is 11.6. The molecule has 1 heterocycles. The molecule has 0 atom stereocenters. The van der Waals surface area contributed by atoms with Crippen molar-refractivity contribution in [2.45, 2.75) is 13.0 Å². The molecule has 0 bridgehead atoms. The molecule has 0 saturated carbocycles. The third kappa shape index (κ3) is 4.71. The molecule has 5 heteroatoms. The standard InChI is InChI=1S/C24H19NO4/c26-23(27)15-19(24-25-21-11-4-5-12-22(21)29-24)13-18-9-6-10-20(14-18)28-16-17-7-2-1-3-8-17/h1-14H,15-16H2,(H,26,27)/p-1/b19-13+. The second-order valence-electron chi connectivity index (χ2n) is 6.55. The van der Waals surface area contributed by atoms with E-state index in [0.717, 1.165) is 11.1 Å². The molecule has 5 nitrogen and oxygen atoms in total. The Balaban J connectivity index is 1.61. The number of carbonyl (C=O) groups is 1. The number of para-hydroxylation sites is 2. The quantitative estimate of drug-likeness (QED) is 0.480. The van der Waals surface area contributed by atoms with Crippen LogP contribution in [-0.2, 0) is 11.4 Å². The molecule has 3 aromatic carbocycles. The molecule has 29 heavy (non-hydrogen) atoms. The minimum absolute atomic E-state index is 0.269. The molecule has 0 radical (unpaired) electrons. The third-order valence-corrected chi connectivity index (χ3v) is 4.35. The fraction of sp³-hybridized carbons (Fsp3) is 0.0833. The molecule has 0 aliphatic carbocycles. The van der Waals surface area contributed by atoms with Crippen LogP contribution in [0, 0.1) is 0 Å². The van der Waals surface area contributed by atoms with Crippen LogP contribution in [-0.4, -0.2) is 11.0 Å². The zero-order chi connectivity index (χ0) is 20.1. The number of aromatic nitrogens is 1. The van der Waals surface area contributed by atoms with Crippen molar-refractivity contribution in [2.24, 2.45) is 0 Å². The van der Waals surface area contributed by atoms with E-state index in [1.54, 1.807) is 12.1 Å². The van der Waals surface area contributed by atoms with Gasteiger partial charge in [0, 0.05) is 18.0 Å². The molecule has 0 saturated heterocycles. The largest absolute Gasteiger partial charge is 0.550 e. The van der Waals surface area contributed by atoms with E-state index in [4.69, 9.17) is 9.15 Å². The third-order valence-electron chi connectivity index (χ3n) is 4.35. The number of nitrogens with zero attached hydrogens (tertiary/aromatic N) is 1. The molecule has 0 spiro atoms. The number of hydrogen-bond acceptors (Lipinski definition) is 5. The zero-order valence-corrected chi connectivity index (χ0v) is 15.6. The summed E-state index contributed by atoms with van der Waals surface area (Å²) in [7, 11) is 0. The summed E-state index contributed by atoms with van der Waals surface area (Å²) in [6, 6.07) is 24.6. The number of aliphatic carboxylic acids is 1. The van der Waals surface area contributed by atoms with Crippen LogP contribution in [0.25, 0.3) is 22.7 Å². The molecule has 0 aliphatic heterocycles. The Morgan fingerprint density at radius 2 is 1.79 bits per heavy atom. The first-order valence-electron chi connectivity index (χ1n) is 9.20. The van der Waals surface area contributed by atoms with Gasteiger partial charge in [0.05, 0.1) is 0 Å². The van der Waals surface area contributed by atoms with E-state index in [0.29, 0.717) is 29.0 Å². The summed E-state index contributed by atoms with van der Waals surface area (Å²) in [4.78, 5) is 15.7. The van der Waals surface area contributed by atoms with Crippen LogP contribution >= 0.6 is 0 Å². The predicted molar refractivity (Wildman–Crippen MR) is 109 cm³/mol. The van der Waals surface area contributed by atoms with Crippen LogP contribution in [0.1, 0.15) is 23.4 Å². The first kappa shape index (κ1) is 18.5. The van der Waals surface area contributed by atoms with Gasteiger partial charge in [-0.15, -0.1) is 0 Å². The highest BCUT2D eigenvalue weighted by Crippen LogP contribution is 2.26. The first-order valence-corrected chi connectivity index (χ1v) is 9.20. The average Bonchev–Trinajstić information content (AvgIpc) is 3.17. The van der Waals surface area contributed by atoms with Crippen LogP contribution in [0.2, 0.25) is 0 Å². The Hall–Kier alpha value is -3.86. The minimum atomic E-state index is -1.20. The van der Waals surface area contributed by atoms with Crippen LogP contribution in [0.3, 0.4) is 0 Å². The lowest BCUT2D eigenvalue weighted by Crippen LogP contribution is -2.22. The monoisotopic (exact) mass is 384 g/mol. The van der Waals surface area contributed by atoms with E-state index in [-0.39, 0.29) is 12.3 Å². The molecule has 0 unspecified atom stereocenters. The van der Waals surface area contributed by atoms with Gasteiger partial charge in [-0.1, -0.05) is 54.6 Å². The van der Waals surface area contributed by atoms with E-state index >= 15 is 0 Å². The van der Waals surface area contributed by atoms with Gasteiger partial charge >= 0.3 is 0 Å². The summed E-state index contributed by atoms with van der Waals surface area (Å²) in [6.07, 6.45) is 1.43. The maximum absolute atomic E-state index is 11.3. The topological polar surface area (TPSA) is 75.4 Å². The van der Waals surface area contributed by atoms with Gasteiger partial charge in [-0.05, 0) is 41.5 Å². The summed E-state index contributed by atoms with van der Waals surface area (Å²) in [5.74, 6) is -0.242. The van der Waals surface area contributed by atoms with E-state index in [1.165, 1.54) is 0 Å². The summed E-state index contributed by atoms with van der Waals surface area (Å²) >= 11 is 0. The second-order valence-corrected chi connectivity index (χ2v) is 6.55. The molecule has 1 aromatic heterocycles. The smallest absolute Gasteiger partial charge is 0.223 e. The Morgan fingerprint density at radius 1 is 1.00 bits per heavy atom. The maximum Gasteiger partial charge on any atom is 0.223 e. The number of carboxylic acids is 1. The van der Waals surface area contributed by atoms with E-state index in [1.807, 2.05) is 72.8 Å². The van der Waals surface area contributed by atoms with Crippen LogP contribution in [0.15, 0.2) is 83.3 Å². The molecular formula is C24H18NO4-. The van der Waals surface area contributed by atoms with Crippen molar-refractivity contribution < 1.29 is 19.1 Å². The van der Waals surface area contributed by atoms with Gasteiger partial charge in [-0.25, -0.2) is 4.98 Å². The summed E-state index contributed by atoms with van der Waals surface area (Å²) in [5.41, 5.74) is 3.56. The minimum Gasteiger partial charge on any atom is -0.550 e. The Morgan fingerprint density at radius 3 is 2.59 bits per heavy atom. The molecule has 0 N–H and O–H groups in total. The average molecular weight is 384 g/mol. The van der Waals surface area contributed by atoms with E-state index < -0.39 is 5.97 Å². The lowest BCUT2D eigenvalue weighted by atomic mass is 10.1. The summed E-state index contributed by atoms with van der Waals surface area (Å²) in [6.45, 7) is 0.449. The number of benzene rings is 3. The molecule has 144 valence electrons. The van der Waals surface area contributed by atoms with E-state index in [9.17, 15) is 9.90 Å². The van der Waals surface area contributed by atoms with Crippen LogP contribution in [0.4, 0.5) is 0 Å². The molecule has 0 aliphatic rings. The zero-order valence-electron chi connectivity index (χ0n) is 15.6. The van der Waals surface area contributed by atoms with Crippen molar-refractivity contribution in [1.29, 1.82) is 0 Å².